The SMILES string of the molecule is CC(C)CN1Cc2cc(OCCN3CCOCC3)c(O)cc2-c2cc(=O)c(C(=O)N=O)cn21. The number of fused-ring (bicyclic) bond motifs is 3. The van der Waals surface area contributed by atoms with Gasteiger partial charge in [0.2, 0.25) is 0 Å². The monoisotopic (exact) mass is 456 g/mol. The minimum atomic E-state index is -1.10. The molecule has 10 heteroatoms. The molecule has 10 nitrogen and oxygen atoms in total. The number of nitrogens with zero attached hydrogens (tertiary/aromatic N) is 4. The van der Waals surface area contributed by atoms with Crippen LogP contribution in [0.3, 0.4) is 0 Å². The number of morpholine rings is 1. The molecule has 0 unspecified atom stereocenters. The molecule has 33 heavy (non-hydrogen) atoms. The number of phenolic OH excluding ortho intramolecular Hbond substituents is 1. The van der Waals surface area contributed by atoms with Crippen molar-refractivity contribution in [2.24, 2.45) is 11.1 Å². The van der Waals surface area contributed by atoms with Crippen molar-refractivity contribution in [1.82, 2.24) is 9.58 Å². The van der Waals surface area contributed by atoms with E-state index in [1.165, 1.54) is 12.3 Å². The van der Waals surface area contributed by atoms with E-state index in [1.54, 1.807) is 16.8 Å². The second-order valence-corrected chi connectivity index (χ2v) is 8.70. The van der Waals surface area contributed by atoms with E-state index in [-0.39, 0.29) is 11.3 Å². The zero-order chi connectivity index (χ0) is 23.5. The van der Waals surface area contributed by atoms with Gasteiger partial charge < -0.3 is 19.6 Å². The highest BCUT2D eigenvalue weighted by Crippen LogP contribution is 2.38. The Morgan fingerprint density at radius 1 is 1.24 bits per heavy atom. The zero-order valence-electron chi connectivity index (χ0n) is 18.8. The molecule has 176 valence electrons. The Morgan fingerprint density at radius 3 is 2.70 bits per heavy atom. The maximum atomic E-state index is 12.5. The van der Waals surface area contributed by atoms with E-state index in [0.29, 0.717) is 55.8 Å². The molecule has 4 rings (SSSR count). The van der Waals surface area contributed by atoms with Crippen molar-refractivity contribution in [1.29, 1.82) is 0 Å². The van der Waals surface area contributed by atoms with Gasteiger partial charge in [0.15, 0.2) is 16.9 Å². The van der Waals surface area contributed by atoms with Crippen molar-refractivity contribution >= 4 is 5.91 Å². The third-order valence-electron chi connectivity index (χ3n) is 5.81. The molecule has 1 N–H and O–H groups in total. The number of aromatic hydroxyl groups is 1. The molecule has 1 amide bonds. The first-order valence-corrected chi connectivity index (χ1v) is 11.1. The normalized spacial score (nSPS) is 15.8. The number of nitroso groups, excluding NO2 is 1. The Bertz CT molecular complexity index is 1110. The second kappa shape index (κ2) is 9.72. The number of phenols is 1. The van der Waals surface area contributed by atoms with Crippen LogP contribution in [0.25, 0.3) is 11.3 Å². The summed E-state index contributed by atoms with van der Waals surface area (Å²) in [5.74, 6) is -0.443. The van der Waals surface area contributed by atoms with Crippen LogP contribution in [0.2, 0.25) is 0 Å². The molecule has 0 aliphatic carbocycles. The van der Waals surface area contributed by atoms with Crippen LogP contribution >= 0.6 is 0 Å². The summed E-state index contributed by atoms with van der Waals surface area (Å²) in [7, 11) is 0. The number of pyridine rings is 1. The minimum absolute atomic E-state index is 0.0262. The average molecular weight is 456 g/mol. The summed E-state index contributed by atoms with van der Waals surface area (Å²) in [6.45, 7) is 9.56. The number of rotatable bonds is 7. The topological polar surface area (TPSA) is 114 Å². The van der Waals surface area contributed by atoms with Gasteiger partial charge in [0.05, 0.1) is 25.5 Å². The van der Waals surface area contributed by atoms with Crippen LogP contribution in [0.1, 0.15) is 29.8 Å². The highest BCUT2D eigenvalue weighted by atomic mass is 16.5. The third kappa shape index (κ3) is 4.91. The van der Waals surface area contributed by atoms with Gasteiger partial charge in [0, 0.05) is 49.2 Å². The predicted octanol–water partition coefficient (Wildman–Crippen LogP) is 1.95. The van der Waals surface area contributed by atoms with Gasteiger partial charge in [0.1, 0.15) is 12.2 Å². The van der Waals surface area contributed by atoms with Crippen molar-refractivity contribution in [3.8, 4) is 22.8 Å². The molecule has 1 aromatic heterocycles. The fourth-order valence-corrected chi connectivity index (χ4v) is 4.22. The highest BCUT2D eigenvalue weighted by molar-refractivity contribution is 5.94. The van der Waals surface area contributed by atoms with E-state index in [9.17, 15) is 19.6 Å². The number of benzene rings is 1. The lowest BCUT2D eigenvalue weighted by atomic mass is 9.99. The number of amides is 1. The van der Waals surface area contributed by atoms with E-state index in [4.69, 9.17) is 9.47 Å². The quantitative estimate of drug-likeness (QED) is 0.629. The maximum absolute atomic E-state index is 12.5. The van der Waals surface area contributed by atoms with Crippen LogP contribution in [0.15, 0.2) is 34.4 Å². The molecule has 1 saturated heterocycles. The molecule has 0 spiro atoms. The summed E-state index contributed by atoms with van der Waals surface area (Å²) in [6.07, 6.45) is 1.36. The molecule has 0 atom stereocenters. The lowest BCUT2D eigenvalue weighted by molar-refractivity contribution is 0.0321. The Hall–Kier alpha value is -3.24. The summed E-state index contributed by atoms with van der Waals surface area (Å²) >= 11 is 0. The molecule has 0 saturated carbocycles. The molecule has 3 heterocycles. The van der Waals surface area contributed by atoms with Crippen molar-refractivity contribution in [3.05, 3.63) is 50.7 Å². The Balaban J connectivity index is 1.65. The van der Waals surface area contributed by atoms with Crippen LogP contribution in [0.5, 0.6) is 11.5 Å². The van der Waals surface area contributed by atoms with Gasteiger partial charge >= 0.3 is 5.91 Å². The van der Waals surface area contributed by atoms with E-state index >= 15 is 0 Å². The molecule has 2 aliphatic heterocycles. The highest BCUT2D eigenvalue weighted by Gasteiger charge is 2.26. The molecule has 2 aliphatic rings. The van der Waals surface area contributed by atoms with Gasteiger partial charge in [-0.15, -0.1) is 4.91 Å². The van der Waals surface area contributed by atoms with Crippen LogP contribution < -0.4 is 15.2 Å². The molecule has 2 aromatic rings. The number of carbonyl (C=O) groups is 1. The lowest BCUT2D eigenvalue weighted by Gasteiger charge is -2.36. The van der Waals surface area contributed by atoms with Crippen molar-refractivity contribution in [2.75, 3.05) is 51.0 Å². The Morgan fingerprint density at radius 2 is 2.00 bits per heavy atom. The van der Waals surface area contributed by atoms with Crippen molar-refractivity contribution in [2.45, 2.75) is 20.4 Å². The fourth-order valence-electron chi connectivity index (χ4n) is 4.22. The zero-order valence-corrected chi connectivity index (χ0v) is 18.8. The first kappa shape index (κ1) is 22.9. The summed E-state index contributed by atoms with van der Waals surface area (Å²) in [6, 6.07) is 4.69. The Labute approximate surface area is 191 Å². The van der Waals surface area contributed by atoms with Gasteiger partial charge in [0.25, 0.3) is 0 Å². The van der Waals surface area contributed by atoms with Gasteiger partial charge in [-0.05, 0) is 23.6 Å². The molecule has 0 bridgehead atoms. The standard InChI is InChI=1S/C23H28N4O6/c1-15(2)12-26-13-16-9-22(33-8-5-25-3-6-32-7-4-25)21(29)10-17(16)19-11-20(28)18(14-27(19)26)23(30)24-31/h9-11,14-15,29H,3-8,12-13H2,1-2H3. The summed E-state index contributed by atoms with van der Waals surface area (Å²) in [4.78, 5) is 37.3. The largest absolute Gasteiger partial charge is 0.504 e. The van der Waals surface area contributed by atoms with Gasteiger partial charge in [-0.1, -0.05) is 13.8 Å². The van der Waals surface area contributed by atoms with E-state index in [1.807, 2.05) is 5.01 Å². The predicted molar refractivity (Wildman–Crippen MR) is 122 cm³/mol. The van der Waals surface area contributed by atoms with Crippen LogP contribution in [-0.4, -0.2) is 66.6 Å². The van der Waals surface area contributed by atoms with Gasteiger partial charge in [-0.2, -0.15) is 0 Å². The van der Waals surface area contributed by atoms with Gasteiger partial charge in [-0.3, -0.25) is 19.2 Å². The Kier molecular flexibility index (Phi) is 6.75. The number of ether oxygens (including phenoxy) is 2. The molecule has 0 radical (unpaired) electrons. The summed E-state index contributed by atoms with van der Waals surface area (Å²) < 4.78 is 12.9. The second-order valence-electron chi connectivity index (χ2n) is 8.70. The number of hydrogen-bond donors (Lipinski definition) is 1. The number of carbonyl (C=O) groups excluding carboxylic acids is 1. The van der Waals surface area contributed by atoms with Gasteiger partial charge in [-0.25, -0.2) is 0 Å². The molecule has 1 fully saturated rings. The first-order chi connectivity index (χ1) is 15.9. The number of aromatic nitrogens is 1. The van der Waals surface area contributed by atoms with Crippen LogP contribution in [0, 0.1) is 10.8 Å². The van der Waals surface area contributed by atoms with Crippen molar-refractivity contribution < 1.29 is 19.4 Å². The minimum Gasteiger partial charge on any atom is -0.504 e. The van der Waals surface area contributed by atoms with E-state index < -0.39 is 11.3 Å². The third-order valence-corrected chi connectivity index (χ3v) is 5.81. The maximum Gasteiger partial charge on any atom is 0.322 e. The smallest absolute Gasteiger partial charge is 0.322 e. The average Bonchev–Trinajstić information content (AvgIpc) is 2.79. The molecular weight excluding hydrogens is 428 g/mol. The summed E-state index contributed by atoms with van der Waals surface area (Å²) in [5, 5.41) is 15.0. The van der Waals surface area contributed by atoms with E-state index in [2.05, 4.69) is 23.9 Å². The molecular formula is C23H28N4O6. The first-order valence-electron chi connectivity index (χ1n) is 11.1. The lowest BCUT2D eigenvalue weighted by Crippen LogP contribution is -2.41. The summed E-state index contributed by atoms with van der Waals surface area (Å²) in [5.41, 5.74) is 1.22. The number of hydrogen-bond acceptors (Lipinski definition) is 8. The molecule has 1 aromatic carbocycles. The van der Waals surface area contributed by atoms with Crippen molar-refractivity contribution in [3.63, 3.8) is 0 Å². The van der Waals surface area contributed by atoms with Crippen LogP contribution in [0.4, 0.5) is 0 Å². The fraction of sp³-hybridized carbons (Fsp3) is 0.478. The van der Waals surface area contributed by atoms with E-state index in [0.717, 1.165) is 25.2 Å². The van der Waals surface area contributed by atoms with Crippen LogP contribution in [-0.2, 0) is 11.3 Å².